The number of benzene rings is 1. The first kappa shape index (κ1) is 16.6. The van der Waals surface area contributed by atoms with Crippen molar-refractivity contribution >= 4 is 38.8 Å². The van der Waals surface area contributed by atoms with Gasteiger partial charge in [0.2, 0.25) is 0 Å². The van der Waals surface area contributed by atoms with Gasteiger partial charge < -0.3 is 4.90 Å². The Morgan fingerprint density at radius 2 is 2.08 bits per heavy atom. The number of hydrogen-bond donors (Lipinski definition) is 0. The SMILES string of the molecule is CCN(CC(C)C#N)C(=O)c1ccc(-c2nc3ccccc3s2)s1. The third kappa shape index (κ3) is 3.32. The minimum atomic E-state index is -0.169. The molecular weight excluding hydrogens is 338 g/mol. The second kappa shape index (κ2) is 7.12. The van der Waals surface area contributed by atoms with Gasteiger partial charge in [0.05, 0.1) is 32.0 Å². The molecule has 1 unspecified atom stereocenters. The maximum Gasteiger partial charge on any atom is 0.263 e. The number of rotatable bonds is 5. The molecule has 0 N–H and O–H groups in total. The highest BCUT2D eigenvalue weighted by atomic mass is 32.1. The topological polar surface area (TPSA) is 57.0 Å². The van der Waals surface area contributed by atoms with E-state index in [1.54, 1.807) is 16.2 Å². The molecule has 6 heteroatoms. The van der Waals surface area contributed by atoms with Gasteiger partial charge in [0.25, 0.3) is 5.91 Å². The van der Waals surface area contributed by atoms with Crippen molar-refractivity contribution in [3.63, 3.8) is 0 Å². The van der Waals surface area contributed by atoms with Gasteiger partial charge in [0.1, 0.15) is 5.01 Å². The van der Waals surface area contributed by atoms with Gasteiger partial charge >= 0.3 is 0 Å². The molecule has 122 valence electrons. The number of fused-ring (bicyclic) bond motifs is 1. The van der Waals surface area contributed by atoms with Crippen LogP contribution in [0.15, 0.2) is 36.4 Å². The highest BCUT2D eigenvalue weighted by Gasteiger charge is 2.19. The molecule has 0 aliphatic rings. The van der Waals surface area contributed by atoms with E-state index >= 15 is 0 Å². The summed E-state index contributed by atoms with van der Waals surface area (Å²) in [4.78, 5) is 20.7. The molecule has 24 heavy (non-hydrogen) atoms. The first-order chi connectivity index (χ1) is 11.6. The minimum absolute atomic E-state index is 0.0167. The quantitative estimate of drug-likeness (QED) is 0.669. The zero-order valence-corrected chi connectivity index (χ0v) is 15.2. The summed E-state index contributed by atoms with van der Waals surface area (Å²) in [6.07, 6.45) is 0. The predicted octanol–water partition coefficient (Wildman–Crippen LogP) is 4.65. The third-order valence-electron chi connectivity index (χ3n) is 3.71. The maximum atomic E-state index is 12.7. The Hall–Kier alpha value is -2.23. The fourth-order valence-electron chi connectivity index (χ4n) is 2.43. The van der Waals surface area contributed by atoms with Crippen molar-refractivity contribution in [1.29, 1.82) is 5.26 Å². The van der Waals surface area contributed by atoms with Crippen LogP contribution in [0.5, 0.6) is 0 Å². The molecule has 0 saturated heterocycles. The number of aromatic nitrogens is 1. The lowest BCUT2D eigenvalue weighted by Crippen LogP contribution is -2.33. The summed E-state index contributed by atoms with van der Waals surface area (Å²) < 4.78 is 1.15. The highest BCUT2D eigenvalue weighted by Crippen LogP contribution is 2.34. The van der Waals surface area contributed by atoms with Crippen LogP contribution in [-0.2, 0) is 0 Å². The van der Waals surface area contributed by atoms with Crippen molar-refractivity contribution in [3.05, 3.63) is 41.3 Å². The smallest absolute Gasteiger partial charge is 0.263 e. The van der Waals surface area contributed by atoms with Gasteiger partial charge in [-0.3, -0.25) is 4.79 Å². The monoisotopic (exact) mass is 355 g/mol. The lowest BCUT2D eigenvalue weighted by Gasteiger charge is -2.21. The van der Waals surface area contributed by atoms with E-state index in [1.165, 1.54) is 11.3 Å². The van der Waals surface area contributed by atoms with Crippen LogP contribution >= 0.6 is 22.7 Å². The Labute approximate surface area is 149 Å². The summed E-state index contributed by atoms with van der Waals surface area (Å²) in [6, 6.07) is 14.0. The Bertz CT molecular complexity index is 873. The molecule has 1 amide bonds. The van der Waals surface area contributed by atoms with Crippen LogP contribution in [0.2, 0.25) is 0 Å². The van der Waals surface area contributed by atoms with Gasteiger partial charge in [0, 0.05) is 13.1 Å². The number of nitrogens with zero attached hydrogens (tertiary/aromatic N) is 3. The molecule has 1 aromatic carbocycles. The van der Waals surface area contributed by atoms with Crippen LogP contribution in [-0.4, -0.2) is 28.9 Å². The van der Waals surface area contributed by atoms with Crippen LogP contribution in [0.4, 0.5) is 0 Å². The number of hydrogen-bond acceptors (Lipinski definition) is 5. The molecule has 1 atom stereocenters. The third-order valence-corrected chi connectivity index (χ3v) is 5.98. The molecule has 0 radical (unpaired) electrons. The van der Waals surface area contributed by atoms with Gasteiger partial charge in [-0.15, -0.1) is 22.7 Å². The Morgan fingerprint density at radius 3 is 2.79 bits per heavy atom. The predicted molar refractivity (Wildman–Crippen MR) is 99.3 cm³/mol. The summed E-state index contributed by atoms with van der Waals surface area (Å²) in [6.45, 7) is 4.82. The van der Waals surface area contributed by atoms with Crippen molar-refractivity contribution in [1.82, 2.24) is 9.88 Å². The van der Waals surface area contributed by atoms with E-state index in [1.807, 2.05) is 44.2 Å². The van der Waals surface area contributed by atoms with E-state index in [0.29, 0.717) is 18.0 Å². The maximum absolute atomic E-state index is 12.7. The summed E-state index contributed by atoms with van der Waals surface area (Å²) in [5.74, 6) is -0.186. The first-order valence-electron chi connectivity index (χ1n) is 7.77. The largest absolute Gasteiger partial charge is 0.337 e. The van der Waals surface area contributed by atoms with Crippen LogP contribution in [0, 0.1) is 17.2 Å². The van der Waals surface area contributed by atoms with Crippen LogP contribution < -0.4 is 0 Å². The molecule has 2 heterocycles. The summed E-state index contributed by atoms with van der Waals surface area (Å²) in [5, 5.41) is 9.90. The molecular formula is C18H17N3OS2. The second-order valence-electron chi connectivity index (χ2n) is 5.52. The number of carbonyl (C=O) groups is 1. The zero-order valence-electron chi connectivity index (χ0n) is 13.5. The Morgan fingerprint density at radius 1 is 1.29 bits per heavy atom. The van der Waals surface area contributed by atoms with E-state index in [9.17, 15) is 4.79 Å². The molecule has 0 bridgehead atoms. The highest BCUT2D eigenvalue weighted by molar-refractivity contribution is 7.26. The van der Waals surface area contributed by atoms with Crippen molar-refractivity contribution < 1.29 is 4.79 Å². The average molecular weight is 355 g/mol. The van der Waals surface area contributed by atoms with E-state index < -0.39 is 0 Å². The standard InChI is InChI=1S/C18H17N3OS2/c1-3-21(11-12(2)10-19)18(22)16-9-8-15(23-16)17-20-13-6-4-5-7-14(13)24-17/h4-9,12H,3,11H2,1-2H3. The summed E-state index contributed by atoms with van der Waals surface area (Å²) in [7, 11) is 0. The molecule has 2 aromatic heterocycles. The van der Waals surface area contributed by atoms with Crippen LogP contribution in [0.25, 0.3) is 20.1 Å². The summed E-state index contributed by atoms with van der Waals surface area (Å²) >= 11 is 3.10. The van der Waals surface area contributed by atoms with Gasteiger partial charge in [-0.1, -0.05) is 12.1 Å². The lowest BCUT2D eigenvalue weighted by molar-refractivity contribution is 0.0757. The van der Waals surface area contributed by atoms with Crippen molar-refractivity contribution in [2.45, 2.75) is 13.8 Å². The molecule has 0 spiro atoms. The lowest BCUT2D eigenvalue weighted by atomic mass is 10.2. The number of amides is 1. The molecule has 0 saturated carbocycles. The van der Waals surface area contributed by atoms with Crippen molar-refractivity contribution in [3.8, 4) is 16.0 Å². The van der Waals surface area contributed by atoms with Gasteiger partial charge in [-0.05, 0) is 38.1 Å². The van der Waals surface area contributed by atoms with Crippen LogP contribution in [0.1, 0.15) is 23.5 Å². The number of carbonyl (C=O) groups excluding carboxylic acids is 1. The average Bonchev–Trinajstić information content (AvgIpc) is 3.24. The Kier molecular flexibility index (Phi) is 4.93. The van der Waals surface area contributed by atoms with Gasteiger partial charge in [-0.25, -0.2) is 4.98 Å². The van der Waals surface area contributed by atoms with E-state index in [4.69, 9.17) is 5.26 Å². The van der Waals surface area contributed by atoms with Crippen molar-refractivity contribution in [2.24, 2.45) is 5.92 Å². The van der Waals surface area contributed by atoms with Crippen LogP contribution in [0.3, 0.4) is 0 Å². The number of thiazole rings is 1. The Balaban J connectivity index is 1.84. The molecule has 0 aliphatic heterocycles. The first-order valence-corrected chi connectivity index (χ1v) is 9.40. The van der Waals surface area contributed by atoms with E-state index in [0.717, 1.165) is 20.1 Å². The summed E-state index contributed by atoms with van der Waals surface area (Å²) in [5.41, 5.74) is 0.983. The van der Waals surface area contributed by atoms with Gasteiger partial charge in [-0.2, -0.15) is 5.26 Å². The van der Waals surface area contributed by atoms with E-state index in [-0.39, 0.29) is 11.8 Å². The molecule has 4 nitrogen and oxygen atoms in total. The number of nitriles is 1. The zero-order chi connectivity index (χ0) is 17.1. The normalized spacial score (nSPS) is 12.0. The molecule has 3 rings (SSSR count). The number of para-hydroxylation sites is 1. The molecule has 0 fully saturated rings. The molecule has 3 aromatic rings. The number of thiophene rings is 1. The fourth-order valence-corrected chi connectivity index (χ4v) is 4.42. The van der Waals surface area contributed by atoms with Crippen molar-refractivity contribution in [2.75, 3.05) is 13.1 Å². The second-order valence-corrected chi connectivity index (χ2v) is 7.64. The minimum Gasteiger partial charge on any atom is -0.337 e. The van der Waals surface area contributed by atoms with E-state index in [2.05, 4.69) is 17.1 Å². The van der Waals surface area contributed by atoms with Gasteiger partial charge in [0.15, 0.2) is 0 Å². The fraction of sp³-hybridized carbons (Fsp3) is 0.278. The molecule has 0 aliphatic carbocycles.